The molecule has 3 rings (SSSR count). The van der Waals surface area contributed by atoms with E-state index in [1.165, 1.54) is 10.2 Å². The Labute approximate surface area is 219 Å². The molecule has 0 aromatic heterocycles. The second kappa shape index (κ2) is 11.6. The number of rotatable bonds is 5. The van der Waals surface area contributed by atoms with Gasteiger partial charge in [-0.3, -0.25) is 4.79 Å². The maximum Gasteiger partial charge on any atom is 0.253 e. The summed E-state index contributed by atoms with van der Waals surface area (Å²) in [7, 11) is 0. The van der Waals surface area contributed by atoms with Crippen LogP contribution in [0.25, 0.3) is 5.76 Å². The van der Waals surface area contributed by atoms with Crippen LogP contribution in [0.2, 0.25) is 0 Å². The van der Waals surface area contributed by atoms with Gasteiger partial charge in [-0.1, -0.05) is 53.7 Å². The number of benzene rings is 2. The number of carbonyl (C=O) groups excluding carboxylic acids is 1. The van der Waals surface area contributed by atoms with Gasteiger partial charge in [-0.2, -0.15) is 5.01 Å². The highest BCUT2D eigenvalue weighted by molar-refractivity contribution is 5.88. The molecule has 1 heterocycles. The number of hydrogen-bond donors (Lipinski definition) is 1. The summed E-state index contributed by atoms with van der Waals surface area (Å²) in [5.41, 5.74) is 7.06. The van der Waals surface area contributed by atoms with Crippen LogP contribution in [0.1, 0.15) is 65.5 Å². The van der Waals surface area contributed by atoms with Crippen molar-refractivity contribution in [2.24, 2.45) is 11.1 Å². The Morgan fingerprint density at radius 2 is 1.57 bits per heavy atom. The first-order valence-electron chi connectivity index (χ1n) is 11.2. The number of hydrogen-bond acceptors (Lipinski definition) is 4. The zero-order valence-electron chi connectivity index (χ0n) is 21.0. The van der Waals surface area contributed by atoms with Crippen LogP contribution in [0.15, 0.2) is 48.2 Å². The van der Waals surface area contributed by atoms with E-state index in [0.717, 1.165) is 23.8 Å². The average molecular weight is 530 g/mol. The molecule has 2 aromatic rings. The smallest absolute Gasteiger partial charge is 0.253 e. The fraction of sp³-hybridized carbons (Fsp3) is 0.423. The van der Waals surface area contributed by atoms with Gasteiger partial charge in [-0.15, -0.1) is 30.0 Å². The lowest BCUT2D eigenvalue weighted by Crippen LogP contribution is -2.46. The number of allylic oxidation sites excluding steroid dienone is 1. The Bertz CT molecular complexity index is 1060. The molecule has 1 aliphatic rings. The molecule has 194 valence electrons. The molecule has 0 saturated carbocycles. The number of nitrogens with two attached hydrogens (primary N) is 1. The average Bonchev–Trinajstić information content (AvgIpc) is 3.11. The molecule has 0 saturated heterocycles. The zero-order chi connectivity index (χ0) is 24.6. The van der Waals surface area contributed by atoms with E-state index in [2.05, 4.69) is 20.8 Å². The van der Waals surface area contributed by atoms with E-state index in [1.54, 1.807) is 20.8 Å². The topological polar surface area (TPSA) is 58.8 Å². The molecule has 1 aliphatic heterocycles. The number of amides is 1. The summed E-state index contributed by atoms with van der Waals surface area (Å²) in [4.78, 5) is 19.7. The first kappa shape index (κ1) is 30.7. The number of nitrogens with zero attached hydrogens (tertiary/aromatic N) is 2. The van der Waals surface area contributed by atoms with Crippen LogP contribution in [-0.2, 0) is 15.0 Å². The van der Waals surface area contributed by atoms with Crippen molar-refractivity contribution in [3.8, 4) is 0 Å². The van der Waals surface area contributed by atoms with Crippen molar-refractivity contribution in [1.82, 2.24) is 5.01 Å². The third kappa shape index (κ3) is 6.66. The third-order valence-corrected chi connectivity index (χ3v) is 5.46. The second-order valence-electron chi connectivity index (χ2n) is 10.3. The maximum absolute atomic E-state index is 14.8. The van der Waals surface area contributed by atoms with Crippen molar-refractivity contribution in [1.29, 1.82) is 0 Å². The van der Waals surface area contributed by atoms with E-state index in [1.807, 2.05) is 24.3 Å². The zero-order valence-corrected chi connectivity index (χ0v) is 22.7. The Kier molecular flexibility index (Phi) is 10.2. The van der Waals surface area contributed by atoms with Gasteiger partial charge in [0.25, 0.3) is 5.91 Å². The minimum atomic E-state index is -0.753. The number of hydrazine groups is 1. The highest BCUT2D eigenvalue weighted by Gasteiger charge is 2.42. The second-order valence-corrected chi connectivity index (χ2v) is 10.3. The number of halogens is 4. The van der Waals surface area contributed by atoms with E-state index in [4.69, 9.17) is 10.6 Å². The standard InChI is InChI=1S/C26H33F2N3O2.2ClH/c1-25(2,3)17-9-12-19(13-10-17)31-30(24(32)26(4,5)6)22(8-7-15-29)23(33-31)20-16-18(27)11-14-21(20)28;;/h9-14,16H,7-8,15,29H2,1-6H3;2*1H. The molecule has 2 aromatic carbocycles. The van der Waals surface area contributed by atoms with Crippen molar-refractivity contribution < 1.29 is 18.4 Å². The van der Waals surface area contributed by atoms with Gasteiger partial charge in [0.1, 0.15) is 17.3 Å². The lowest BCUT2D eigenvalue weighted by Gasteiger charge is -2.33. The molecule has 1 amide bonds. The Hall–Kier alpha value is -2.35. The van der Waals surface area contributed by atoms with Gasteiger partial charge >= 0.3 is 0 Å². The summed E-state index contributed by atoms with van der Waals surface area (Å²) in [5, 5.41) is 2.80. The predicted octanol–water partition coefficient (Wildman–Crippen LogP) is 6.75. The molecule has 0 atom stereocenters. The summed E-state index contributed by atoms with van der Waals surface area (Å²) in [6, 6.07) is 10.8. The molecule has 0 bridgehead atoms. The lowest BCUT2D eigenvalue weighted by molar-refractivity contribution is -0.140. The van der Waals surface area contributed by atoms with Crippen molar-refractivity contribution >= 4 is 42.2 Å². The maximum atomic E-state index is 14.8. The Morgan fingerprint density at radius 1 is 0.971 bits per heavy atom. The van der Waals surface area contributed by atoms with Crippen LogP contribution in [0.5, 0.6) is 0 Å². The quantitative estimate of drug-likeness (QED) is 0.465. The first-order chi connectivity index (χ1) is 15.3. The van der Waals surface area contributed by atoms with Crippen LogP contribution in [0.3, 0.4) is 0 Å². The van der Waals surface area contributed by atoms with Crippen LogP contribution in [0, 0.1) is 17.0 Å². The number of carbonyl (C=O) groups is 1. The van der Waals surface area contributed by atoms with Crippen LogP contribution in [-0.4, -0.2) is 17.5 Å². The summed E-state index contributed by atoms with van der Waals surface area (Å²) < 4.78 is 28.8. The van der Waals surface area contributed by atoms with Gasteiger partial charge in [0.05, 0.1) is 11.3 Å². The van der Waals surface area contributed by atoms with Crippen LogP contribution >= 0.6 is 24.8 Å². The molecule has 0 radical (unpaired) electrons. The van der Waals surface area contributed by atoms with E-state index in [-0.39, 0.29) is 47.5 Å². The largest absolute Gasteiger partial charge is 0.356 e. The molecule has 35 heavy (non-hydrogen) atoms. The van der Waals surface area contributed by atoms with Crippen molar-refractivity contribution in [2.75, 3.05) is 11.7 Å². The molecule has 0 fully saturated rings. The minimum Gasteiger partial charge on any atom is -0.356 e. The fourth-order valence-corrected chi connectivity index (χ4v) is 3.53. The lowest BCUT2D eigenvalue weighted by atomic mass is 9.87. The highest BCUT2D eigenvalue weighted by Crippen LogP contribution is 2.41. The Balaban J connectivity index is 0.00000306. The van der Waals surface area contributed by atoms with Crippen molar-refractivity contribution in [3.05, 3.63) is 70.9 Å². The highest BCUT2D eigenvalue weighted by atomic mass is 35.5. The molecule has 9 heteroatoms. The van der Waals surface area contributed by atoms with Gasteiger partial charge in [-0.05, 0) is 60.7 Å². The Morgan fingerprint density at radius 3 is 2.09 bits per heavy atom. The normalized spacial score (nSPS) is 13.9. The SMILES string of the molecule is CC(C)(C)C(=O)N1C(CCCN)=C(c2cc(F)ccc2F)ON1c1ccc(C(C)(C)C)cc1.Cl.Cl. The van der Waals surface area contributed by atoms with Crippen LogP contribution in [0.4, 0.5) is 14.5 Å². The minimum absolute atomic E-state index is 0. The van der Waals surface area contributed by atoms with E-state index < -0.39 is 17.0 Å². The predicted molar refractivity (Wildman–Crippen MR) is 141 cm³/mol. The summed E-state index contributed by atoms with van der Waals surface area (Å²) >= 11 is 0. The van der Waals surface area contributed by atoms with Gasteiger partial charge in [0, 0.05) is 5.41 Å². The molecule has 0 unspecified atom stereocenters. The molecule has 0 spiro atoms. The van der Waals surface area contributed by atoms with Crippen LogP contribution < -0.4 is 10.9 Å². The third-order valence-electron chi connectivity index (χ3n) is 5.46. The monoisotopic (exact) mass is 529 g/mol. The fourth-order valence-electron chi connectivity index (χ4n) is 3.53. The van der Waals surface area contributed by atoms with E-state index in [0.29, 0.717) is 30.8 Å². The van der Waals surface area contributed by atoms with E-state index in [9.17, 15) is 13.6 Å². The first-order valence-corrected chi connectivity index (χ1v) is 11.2. The van der Waals surface area contributed by atoms with E-state index >= 15 is 0 Å². The summed E-state index contributed by atoms with van der Waals surface area (Å²) in [5.74, 6) is -1.36. The summed E-state index contributed by atoms with van der Waals surface area (Å²) in [6.45, 7) is 12.1. The summed E-state index contributed by atoms with van der Waals surface area (Å²) in [6.07, 6.45) is 0.907. The molecule has 0 aliphatic carbocycles. The molecule has 2 N–H and O–H groups in total. The molecular formula is C26H35Cl2F2N3O2. The van der Waals surface area contributed by atoms with Gasteiger partial charge in [-0.25, -0.2) is 8.78 Å². The number of anilines is 1. The molecular weight excluding hydrogens is 495 g/mol. The van der Waals surface area contributed by atoms with Gasteiger partial charge < -0.3 is 10.6 Å². The van der Waals surface area contributed by atoms with Gasteiger partial charge in [0.15, 0.2) is 5.76 Å². The molecule has 5 nitrogen and oxygen atoms in total. The van der Waals surface area contributed by atoms with Crippen molar-refractivity contribution in [3.63, 3.8) is 0 Å². The van der Waals surface area contributed by atoms with Gasteiger partial charge in [0.2, 0.25) is 0 Å². The van der Waals surface area contributed by atoms with Crippen molar-refractivity contribution in [2.45, 2.75) is 59.8 Å².